The van der Waals surface area contributed by atoms with Gasteiger partial charge < -0.3 is 15.4 Å². The molecule has 104 valence electrons. The molecule has 0 aliphatic heterocycles. The minimum absolute atomic E-state index is 0.0566. The largest absolute Gasteiger partial charge is 0.383 e. The average Bonchev–Trinajstić information content (AvgIpc) is 3.12. The normalized spacial score (nSPS) is 14.4. The molecule has 8 nitrogen and oxygen atoms in total. The molecule has 8 heteroatoms. The van der Waals surface area contributed by atoms with Crippen molar-refractivity contribution in [2.24, 2.45) is 0 Å². The van der Waals surface area contributed by atoms with E-state index in [0.717, 1.165) is 12.8 Å². The molecule has 0 atom stereocenters. The number of nitrogens with zero attached hydrogens (tertiary/aromatic N) is 4. The van der Waals surface area contributed by atoms with Crippen LogP contribution in [0.25, 0.3) is 0 Å². The lowest BCUT2D eigenvalue weighted by Crippen LogP contribution is -2.31. The summed E-state index contributed by atoms with van der Waals surface area (Å²) in [6.07, 6.45) is 2.01. The van der Waals surface area contributed by atoms with Crippen molar-refractivity contribution in [2.45, 2.75) is 25.8 Å². The lowest BCUT2D eigenvalue weighted by Gasteiger charge is -2.23. The van der Waals surface area contributed by atoms with Gasteiger partial charge in [-0.05, 0) is 19.8 Å². The Bertz CT molecular complexity index is 489. The van der Waals surface area contributed by atoms with E-state index >= 15 is 0 Å². The predicted octanol–water partition coefficient (Wildman–Crippen LogP) is 0.891. The fourth-order valence-corrected chi connectivity index (χ4v) is 2.02. The van der Waals surface area contributed by atoms with Gasteiger partial charge in [-0.3, -0.25) is 10.1 Å². The van der Waals surface area contributed by atoms with Crippen molar-refractivity contribution in [3.8, 4) is 0 Å². The molecule has 0 saturated heterocycles. The number of nitrogen functional groups attached to an aromatic ring is 1. The highest BCUT2D eigenvalue weighted by atomic mass is 16.6. The standard InChI is InChI=1S/C11H17N5O3/c1-7-9(16(17)18)10(14-11(12)13-7)15(5-6-19-2)8-3-4-8/h8H,3-6H2,1-2H3,(H2,12,13,14). The summed E-state index contributed by atoms with van der Waals surface area (Å²) in [6, 6.07) is 0.280. The number of ether oxygens (including phenoxy) is 1. The van der Waals surface area contributed by atoms with Crippen LogP contribution in [0.4, 0.5) is 17.5 Å². The molecule has 2 N–H and O–H groups in total. The second-order valence-corrected chi connectivity index (χ2v) is 4.51. The lowest BCUT2D eigenvalue weighted by atomic mass is 10.3. The second kappa shape index (κ2) is 5.35. The molecule has 0 bridgehead atoms. The van der Waals surface area contributed by atoms with Crippen LogP contribution in [0, 0.1) is 17.0 Å². The van der Waals surface area contributed by atoms with Crippen LogP contribution >= 0.6 is 0 Å². The molecule has 1 fully saturated rings. The van der Waals surface area contributed by atoms with Crippen LogP contribution in [0.1, 0.15) is 18.5 Å². The number of aryl methyl sites for hydroxylation is 1. The third-order valence-electron chi connectivity index (χ3n) is 3.04. The Labute approximate surface area is 110 Å². The van der Waals surface area contributed by atoms with Gasteiger partial charge in [0, 0.05) is 19.7 Å². The molecule has 0 amide bonds. The van der Waals surface area contributed by atoms with Crippen LogP contribution in [0.3, 0.4) is 0 Å². The zero-order valence-corrected chi connectivity index (χ0v) is 11.0. The van der Waals surface area contributed by atoms with Crippen molar-refractivity contribution in [3.63, 3.8) is 0 Å². The minimum Gasteiger partial charge on any atom is -0.383 e. The van der Waals surface area contributed by atoms with E-state index in [4.69, 9.17) is 10.5 Å². The van der Waals surface area contributed by atoms with E-state index in [-0.39, 0.29) is 23.4 Å². The molecule has 1 aromatic rings. The molecule has 0 radical (unpaired) electrons. The quantitative estimate of drug-likeness (QED) is 0.602. The van der Waals surface area contributed by atoms with E-state index in [1.165, 1.54) is 0 Å². The van der Waals surface area contributed by atoms with Crippen molar-refractivity contribution in [2.75, 3.05) is 30.9 Å². The monoisotopic (exact) mass is 267 g/mol. The van der Waals surface area contributed by atoms with Gasteiger partial charge in [0.1, 0.15) is 5.69 Å². The van der Waals surface area contributed by atoms with E-state index in [1.54, 1.807) is 14.0 Å². The predicted molar refractivity (Wildman–Crippen MR) is 70.1 cm³/mol. The number of anilines is 2. The minimum atomic E-state index is -0.452. The van der Waals surface area contributed by atoms with E-state index in [0.29, 0.717) is 19.0 Å². The van der Waals surface area contributed by atoms with E-state index in [1.807, 2.05) is 4.90 Å². The van der Waals surface area contributed by atoms with Crippen LogP contribution in [-0.2, 0) is 4.74 Å². The fourth-order valence-electron chi connectivity index (χ4n) is 2.02. The Balaban J connectivity index is 2.42. The third kappa shape index (κ3) is 2.90. The van der Waals surface area contributed by atoms with Gasteiger partial charge in [0.2, 0.25) is 11.8 Å². The maximum Gasteiger partial charge on any atom is 0.332 e. The Hall–Kier alpha value is -1.96. The first-order chi connectivity index (χ1) is 9.04. The molecule has 1 saturated carbocycles. The maximum absolute atomic E-state index is 11.2. The summed E-state index contributed by atoms with van der Waals surface area (Å²) in [4.78, 5) is 20.6. The summed E-state index contributed by atoms with van der Waals surface area (Å²) in [6.45, 7) is 2.61. The summed E-state index contributed by atoms with van der Waals surface area (Å²) in [7, 11) is 1.60. The van der Waals surface area contributed by atoms with Crippen molar-refractivity contribution in [1.29, 1.82) is 0 Å². The van der Waals surface area contributed by atoms with Crippen LogP contribution in [0.2, 0.25) is 0 Å². The molecule has 1 heterocycles. The Morgan fingerprint density at radius 2 is 2.21 bits per heavy atom. The van der Waals surface area contributed by atoms with E-state index < -0.39 is 4.92 Å². The van der Waals surface area contributed by atoms with Crippen molar-refractivity contribution >= 4 is 17.5 Å². The van der Waals surface area contributed by atoms with Gasteiger partial charge in [0.05, 0.1) is 11.5 Å². The van der Waals surface area contributed by atoms with Gasteiger partial charge in [0.15, 0.2) is 0 Å². The highest BCUT2D eigenvalue weighted by Crippen LogP contribution is 2.36. The average molecular weight is 267 g/mol. The number of aromatic nitrogens is 2. The fraction of sp³-hybridized carbons (Fsp3) is 0.636. The topological polar surface area (TPSA) is 107 Å². The zero-order chi connectivity index (χ0) is 14.0. The lowest BCUT2D eigenvalue weighted by molar-refractivity contribution is -0.385. The Kier molecular flexibility index (Phi) is 3.79. The molecule has 1 aliphatic carbocycles. The number of hydrogen-bond acceptors (Lipinski definition) is 7. The van der Waals surface area contributed by atoms with Gasteiger partial charge in [-0.15, -0.1) is 0 Å². The number of hydrogen-bond donors (Lipinski definition) is 1. The van der Waals surface area contributed by atoms with E-state index in [2.05, 4.69) is 9.97 Å². The molecule has 0 spiro atoms. The summed E-state index contributed by atoms with van der Waals surface area (Å²) >= 11 is 0. The van der Waals surface area contributed by atoms with Crippen molar-refractivity contribution in [1.82, 2.24) is 9.97 Å². The number of methoxy groups -OCH3 is 1. The van der Waals surface area contributed by atoms with Gasteiger partial charge in [-0.1, -0.05) is 0 Å². The first-order valence-electron chi connectivity index (χ1n) is 6.08. The molecular weight excluding hydrogens is 250 g/mol. The molecular formula is C11H17N5O3. The smallest absolute Gasteiger partial charge is 0.332 e. The number of nitro groups is 1. The molecule has 1 aliphatic rings. The number of nitrogens with two attached hydrogens (primary N) is 1. The zero-order valence-electron chi connectivity index (χ0n) is 11.0. The summed E-state index contributed by atoms with van der Waals surface area (Å²) in [5.74, 6) is 0.357. The summed E-state index contributed by atoms with van der Waals surface area (Å²) in [5.41, 5.74) is 5.83. The van der Waals surface area contributed by atoms with Gasteiger partial charge in [-0.2, -0.15) is 4.98 Å². The molecule has 1 aromatic heterocycles. The second-order valence-electron chi connectivity index (χ2n) is 4.51. The molecule has 19 heavy (non-hydrogen) atoms. The first kappa shape index (κ1) is 13.5. The highest BCUT2D eigenvalue weighted by Gasteiger charge is 2.35. The van der Waals surface area contributed by atoms with E-state index in [9.17, 15) is 10.1 Å². The van der Waals surface area contributed by atoms with Gasteiger partial charge in [-0.25, -0.2) is 4.98 Å². The van der Waals surface area contributed by atoms with Crippen molar-refractivity contribution in [3.05, 3.63) is 15.8 Å². The molecule has 0 unspecified atom stereocenters. The first-order valence-corrected chi connectivity index (χ1v) is 6.08. The Morgan fingerprint density at radius 1 is 1.53 bits per heavy atom. The van der Waals surface area contributed by atoms with Crippen LogP contribution in [0.5, 0.6) is 0 Å². The molecule has 2 rings (SSSR count). The SMILES string of the molecule is COCCN(c1nc(N)nc(C)c1[N+](=O)[O-])C1CC1. The van der Waals surface area contributed by atoms with Crippen LogP contribution in [0.15, 0.2) is 0 Å². The summed E-state index contributed by atoms with van der Waals surface area (Å²) in [5, 5.41) is 11.2. The maximum atomic E-state index is 11.2. The third-order valence-corrected chi connectivity index (χ3v) is 3.04. The highest BCUT2D eigenvalue weighted by molar-refractivity contribution is 5.63. The van der Waals surface area contributed by atoms with Crippen LogP contribution in [-0.4, -0.2) is 41.2 Å². The van der Waals surface area contributed by atoms with Crippen molar-refractivity contribution < 1.29 is 9.66 Å². The van der Waals surface area contributed by atoms with Gasteiger partial charge >= 0.3 is 5.69 Å². The summed E-state index contributed by atoms with van der Waals surface area (Å²) < 4.78 is 5.05. The Morgan fingerprint density at radius 3 is 2.74 bits per heavy atom. The van der Waals surface area contributed by atoms with Gasteiger partial charge in [0.25, 0.3) is 0 Å². The van der Waals surface area contributed by atoms with Crippen LogP contribution < -0.4 is 10.6 Å². The number of rotatable bonds is 6. The molecule has 0 aromatic carbocycles.